The molecule has 1 rings (SSSR count). The molecule has 0 saturated carbocycles. The number of sulfone groups is 1. The zero-order valence-corrected chi connectivity index (χ0v) is 11.0. The minimum absolute atomic E-state index is 0.000139. The molecule has 4 nitrogen and oxygen atoms in total. The molecule has 0 saturated heterocycles. The molecule has 1 aromatic rings. The van der Waals surface area contributed by atoms with Gasteiger partial charge in [-0.05, 0) is 31.0 Å². The van der Waals surface area contributed by atoms with Crippen molar-refractivity contribution in [3.63, 3.8) is 0 Å². The van der Waals surface area contributed by atoms with Crippen molar-refractivity contribution < 1.29 is 18.3 Å². The van der Waals surface area contributed by atoms with Gasteiger partial charge in [0.2, 0.25) is 0 Å². The molecule has 0 aromatic heterocycles. The van der Waals surface area contributed by atoms with Crippen LogP contribution in [-0.4, -0.2) is 25.2 Å². The fourth-order valence-electron chi connectivity index (χ4n) is 1.51. The zero-order valence-electron chi connectivity index (χ0n) is 10.2. The lowest BCUT2D eigenvalue weighted by Crippen LogP contribution is -2.09. The van der Waals surface area contributed by atoms with Crippen molar-refractivity contribution in [3.8, 4) is 11.8 Å². The average molecular weight is 266 g/mol. The number of carboxylic acids is 1. The van der Waals surface area contributed by atoms with Crippen LogP contribution in [0.25, 0.3) is 0 Å². The molecule has 96 valence electrons. The Kier molecular flexibility index (Phi) is 4.51. The highest BCUT2D eigenvalue weighted by atomic mass is 32.2. The van der Waals surface area contributed by atoms with Gasteiger partial charge in [0, 0.05) is 0 Å². The van der Waals surface area contributed by atoms with Crippen molar-refractivity contribution in [2.24, 2.45) is 0 Å². The van der Waals surface area contributed by atoms with Crippen molar-refractivity contribution in [1.29, 1.82) is 0 Å². The van der Waals surface area contributed by atoms with E-state index in [1.54, 1.807) is 6.92 Å². The first-order chi connectivity index (χ1) is 8.42. The molecule has 0 radical (unpaired) electrons. The highest BCUT2D eigenvalue weighted by Gasteiger charge is 2.17. The van der Waals surface area contributed by atoms with Gasteiger partial charge >= 0.3 is 5.97 Å². The molecule has 0 heterocycles. The first-order valence-corrected chi connectivity index (χ1v) is 7.06. The molecule has 0 aliphatic heterocycles. The van der Waals surface area contributed by atoms with Gasteiger partial charge in [0.1, 0.15) is 5.75 Å². The molecule has 0 fully saturated rings. The van der Waals surface area contributed by atoms with E-state index in [-0.39, 0.29) is 16.2 Å². The Morgan fingerprint density at radius 3 is 2.56 bits per heavy atom. The molecule has 5 heteroatoms. The third kappa shape index (κ3) is 3.11. The number of rotatable bonds is 4. The van der Waals surface area contributed by atoms with E-state index in [2.05, 4.69) is 11.8 Å². The van der Waals surface area contributed by atoms with Gasteiger partial charge in [0.25, 0.3) is 0 Å². The number of hydrogen-bond donors (Lipinski definition) is 1. The number of carboxylic acid groups (broad SMARTS) is 1. The Balaban J connectivity index is 3.31. The summed E-state index contributed by atoms with van der Waals surface area (Å²) in [6.45, 7) is 3.37. The predicted molar refractivity (Wildman–Crippen MR) is 68.3 cm³/mol. The van der Waals surface area contributed by atoms with Gasteiger partial charge in [0.15, 0.2) is 9.84 Å². The molecule has 0 aliphatic carbocycles. The maximum absolute atomic E-state index is 11.9. The van der Waals surface area contributed by atoms with Gasteiger partial charge in [0.05, 0.1) is 10.5 Å². The SMILES string of the molecule is CC#CCS(=O)(=O)c1ccc(CC)c(C(=O)O)c1. The summed E-state index contributed by atoms with van der Waals surface area (Å²) in [7, 11) is -3.54. The maximum atomic E-state index is 11.9. The Bertz CT molecular complexity index is 618. The molecule has 0 bridgehead atoms. The molecule has 0 unspecified atom stereocenters. The second-order valence-electron chi connectivity index (χ2n) is 3.66. The summed E-state index contributed by atoms with van der Waals surface area (Å²) in [6.07, 6.45) is 0.538. The smallest absolute Gasteiger partial charge is 0.336 e. The third-order valence-corrected chi connectivity index (χ3v) is 3.99. The Morgan fingerprint density at radius 1 is 1.39 bits per heavy atom. The molecule has 18 heavy (non-hydrogen) atoms. The number of benzene rings is 1. The van der Waals surface area contributed by atoms with Gasteiger partial charge in [-0.2, -0.15) is 0 Å². The minimum atomic E-state index is -3.54. The molecule has 1 N–H and O–H groups in total. The summed E-state index contributed by atoms with van der Waals surface area (Å²) >= 11 is 0. The van der Waals surface area contributed by atoms with E-state index in [0.717, 1.165) is 0 Å². The topological polar surface area (TPSA) is 71.4 Å². The van der Waals surface area contributed by atoms with Crippen LogP contribution in [0.1, 0.15) is 29.8 Å². The molecule has 1 aromatic carbocycles. The van der Waals surface area contributed by atoms with Crippen LogP contribution in [0.2, 0.25) is 0 Å². The molecule has 0 aliphatic rings. The second-order valence-corrected chi connectivity index (χ2v) is 5.65. The number of aryl methyl sites for hydroxylation is 1. The summed E-state index contributed by atoms with van der Waals surface area (Å²) in [6, 6.07) is 4.17. The van der Waals surface area contributed by atoms with E-state index >= 15 is 0 Å². The van der Waals surface area contributed by atoms with Crippen molar-refractivity contribution in [1.82, 2.24) is 0 Å². The quantitative estimate of drug-likeness (QED) is 0.843. The summed E-state index contributed by atoms with van der Waals surface area (Å²) < 4.78 is 23.7. The fraction of sp³-hybridized carbons (Fsp3) is 0.308. The maximum Gasteiger partial charge on any atom is 0.336 e. The Labute approximate surface area is 107 Å². The van der Waals surface area contributed by atoms with Crippen LogP contribution in [0.4, 0.5) is 0 Å². The van der Waals surface area contributed by atoms with Crippen LogP contribution >= 0.6 is 0 Å². The van der Waals surface area contributed by atoms with Crippen molar-refractivity contribution in [3.05, 3.63) is 29.3 Å². The molecule has 0 spiro atoms. The highest BCUT2D eigenvalue weighted by Crippen LogP contribution is 2.18. The summed E-state index contributed by atoms with van der Waals surface area (Å²) in [5, 5.41) is 9.04. The van der Waals surface area contributed by atoms with Gasteiger partial charge in [-0.15, -0.1) is 5.92 Å². The summed E-state index contributed by atoms with van der Waals surface area (Å²) in [4.78, 5) is 11.1. The first kappa shape index (κ1) is 14.3. The van der Waals surface area contributed by atoms with Crippen molar-refractivity contribution >= 4 is 15.8 Å². The van der Waals surface area contributed by atoms with Gasteiger partial charge < -0.3 is 5.11 Å². The number of hydrogen-bond acceptors (Lipinski definition) is 3. The van der Waals surface area contributed by atoms with E-state index in [4.69, 9.17) is 5.11 Å². The minimum Gasteiger partial charge on any atom is -0.478 e. The zero-order chi connectivity index (χ0) is 13.8. The van der Waals surface area contributed by atoms with Crippen molar-refractivity contribution in [2.75, 3.05) is 5.75 Å². The summed E-state index contributed by atoms with van der Waals surface area (Å²) in [5.74, 6) is 3.57. The normalized spacial score (nSPS) is 10.6. The first-order valence-electron chi connectivity index (χ1n) is 5.41. The van der Waals surface area contributed by atoms with Crippen LogP contribution in [0.3, 0.4) is 0 Å². The molecular weight excluding hydrogens is 252 g/mol. The lowest BCUT2D eigenvalue weighted by molar-refractivity contribution is 0.0695. The van der Waals surface area contributed by atoms with E-state index in [1.807, 2.05) is 6.92 Å². The van der Waals surface area contributed by atoms with Crippen LogP contribution < -0.4 is 0 Å². The second kappa shape index (κ2) is 5.69. The Morgan fingerprint density at radius 2 is 2.06 bits per heavy atom. The van der Waals surface area contributed by atoms with Gasteiger partial charge in [-0.1, -0.05) is 18.9 Å². The Hall–Kier alpha value is -1.80. The van der Waals surface area contributed by atoms with Crippen molar-refractivity contribution in [2.45, 2.75) is 25.2 Å². The van der Waals surface area contributed by atoms with E-state index in [0.29, 0.717) is 12.0 Å². The average Bonchev–Trinajstić information content (AvgIpc) is 2.35. The van der Waals surface area contributed by atoms with Crippen LogP contribution in [0.5, 0.6) is 0 Å². The van der Waals surface area contributed by atoms with E-state index in [9.17, 15) is 13.2 Å². The van der Waals surface area contributed by atoms with Crippen LogP contribution in [0, 0.1) is 11.8 Å². The van der Waals surface area contributed by atoms with Gasteiger partial charge in [-0.3, -0.25) is 0 Å². The molecular formula is C13H14O4S. The number of carbonyl (C=O) groups is 1. The lowest BCUT2D eigenvalue weighted by Gasteiger charge is -2.06. The standard InChI is InChI=1S/C13H14O4S/c1-3-5-8-18(16,17)11-7-6-10(4-2)12(9-11)13(14)15/h6-7,9H,4,8H2,1-2H3,(H,14,15). The van der Waals surface area contributed by atoms with Crippen LogP contribution in [0.15, 0.2) is 23.1 Å². The third-order valence-electron chi connectivity index (χ3n) is 2.49. The van der Waals surface area contributed by atoms with Gasteiger partial charge in [-0.25, -0.2) is 13.2 Å². The summed E-state index contributed by atoms with van der Waals surface area (Å²) in [5.41, 5.74) is 0.644. The monoisotopic (exact) mass is 266 g/mol. The number of aromatic carboxylic acids is 1. The van der Waals surface area contributed by atoms with E-state index < -0.39 is 15.8 Å². The highest BCUT2D eigenvalue weighted by molar-refractivity contribution is 7.91. The molecule has 0 atom stereocenters. The van der Waals surface area contributed by atoms with E-state index in [1.165, 1.54) is 18.2 Å². The predicted octanol–water partition coefficient (Wildman–Crippen LogP) is 1.74. The van der Waals surface area contributed by atoms with Crippen LogP contribution in [-0.2, 0) is 16.3 Å². The lowest BCUT2D eigenvalue weighted by atomic mass is 10.1. The largest absolute Gasteiger partial charge is 0.478 e. The molecule has 0 amide bonds. The fourth-order valence-corrected chi connectivity index (χ4v) is 2.58.